The summed E-state index contributed by atoms with van der Waals surface area (Å²) in [5.74, 6) is 0.258. The Morgan fingerprint density at radius 1 is 1.38 bits per heavy atom. The molecule has 6 heteroatoms. The lowest BCUT2D eigenvalue weighted by Gasteiger charge is -2.36. The molecule has 122 valence electrons. The third-order valence-corrected chi connectivity index (χ3v) is 3.56. The van der Waals surface area contributed by atoms with Gasteiger partial charge in [0, 0.05) is 26.2 Å². The van der Waals surface area contributed by atoms with Crippen LogP contribution in [0.3, 0.4) is 0 Å². The molecule has 0 aromatic carbocycles. The maximum Gasteiger partial charge on any atom is 0.410 e. The summed E-state index contributed by atoms with van der Waals surface area (Å²) in [7, 11) is 0. The second kappa shape index (κ2) is 7.64. The lowest BCUT2D eigenvalue weighted by atomic mass is 9.97. The van der Waals surface area contributed by atoms with Crippen LogP contribution in [0.4, 0.5) is 4.79 Å². The first-order chi connectivity index (χ1) is 9.76. The predicted molar refractivity (Wildman–Crippen MR) is 81.8 cm³/mol. The van der Waals surface area contributed by atoms with Crippen molar-refractivity contribution in [2.45, 2.75) is 46.1 Å². The first-order valence-electron chi connectivity index (χ1n) is 7.72. The van der Waals surface area contributed by atoms with Crippen LogP contribution in [0.2, 0.25) is 0 Å². The van der Waals surface area contributed by atoms with E-state index in [0.29, 0.717) is 25.6 Å². The summed E-state index contributed by atoms with van der Waals surface area (Å²) in [6, 6.07) is 0. The molecule has 0 spiro atoms. The molecule has 1 fully saturated rings. The second-order valence-electron chi connectivity index (χ2n) is 6.57. The Kier molecular flexibility index (Phi) is 6.45. The molecule has 1 heterocycles. The molecular formula is C15H29N3O3. The average Bonchev–Trinajstić information content (AvgIpc) is 2.42. The van der Waals surface area contributed by atoms with Gasteiger partial charge in [0.15, 0.2) is 0 Å². The van der Waals surface area contributed by atoms with Gasteiger partial charge in [-0.15, -0.1) is 0 Å². The highest BCUT2D eigenvalue weighted by Gasteiger charge is 2.28. The van der Waals surface area contributed by atoms with Gasteiger partial charge in [0.1, 0.15) is 5.60 Å². The van der Waals surface area contributed by atoms with Crippen LogP contribution < -0.4 is 5.73 Å². The molecule has 0 unspecified atom stereocenters. The summed E-state index contributed by atoms with van der Waals surface area (Å²) in [4.78, 5) is 27.3. The molecule has 0 aromatic rings. The van der Waals surface area contributed by atoms with Crippen molar-refractivity contribution in [3.05, 3.63) is 0 Å². The fourth-order valence-electron chi connectivity index (χ4n) is 2.55. The summed E-state index contributed by atoms with van der Waals surface area (Å²) in [6.07, 6.45) is 1.70. The summed E-state index contributed by atoms with van der Waals surface area (Å²) in [5.41, 5.74) is 4.95. The number of piperidine rings is 1. The maximum absolute atomic E-state index is 12.1. The van der Waals surface area contributed by atoms with Crippen LogP contribution in [0.5, 0.6) is 0 Å². The summed E-state index contributed by atoms with van der Waals surface area (Å²) in [6.45, 7) is 10.3. The van der Waals surface area contributed by atoms with Crippen molar-refractivity contribution in [3.8, 4) is 0 Å². The Balaban J connectivity index is 2.55. The van der Waals surface area contributed by atoms with Crippen molar-refractivity contribution in [3.63, 3.8) is 0 Å². The number of carbonyl (C=O) groups is 2. The van der Waals surface area contributed by atoms with Crippen LogP contribution >= 0.6 is 0 Å². The van der Waals surface area contributed by atoms with E-state index in [1.807, 2.05) is 27.7 Å². The minimum Gasteiger partial charge on any atom is -0.444 e. The van der Waals surface area contributed by atoms with Crippen LogP contribution in [0, 0.1) is 5.92 Å². The van der Waals surface area contributed by atoms with E-state index in [-0.39, 0.29) is 18.5 Å². The number of nitrogens with zero attached hydrogens (tertiary/aromatic N) is 2. The molecule has 0 radical (unpaired) electrons. The van der Waals surface area contributed by atoms with E-state index >= 15 is 0 Å². The molecule has 2 N–H and O–H groups in total. The van der Waals surface area contributed by atoms with E-state index in [9.17, 15) is 9.59 Å². The molecule has 1 atom stereocenters. The zero-order chi connectivity index (χ0) is 16.0. The molecule has 1 aliphatic heterocycles. The zero-order valence-electron chi connectivity index (χ0n) is 13.7. The number of hydrogen-bond acceptors (Lipinski definition) is 4. The molecule has 21 heavy (non-hydrogen) atoms. The first-order valence-corrected chi connectivity index (χ1v) is 7.72. The lowest BCUT2D eigenvalue weighted by molar-refractivity contribution is -0.130. The number of carbonyl (C=O) groups excluding carboxylic acids is 2. The normalized spacial score (nSPS) is 19.3. The maximum atomic E-state index is 12.1. The van der Waals surface area contributed by atoms with E-state index in [2.05, 4.69) is 0 Å². The highest BCUT2D eigenvalue weighted by atomic mass is 16.6. The molecule has 1 saturated heterocycles. The largest absolute Gasteiger partial charge is 0.444 e. The number of hydrogen-bond donors (Lipinski definition) is 1. The van der Waals surface area contributed by atoms with Crippen LogP contribution in [-0.4, -0.2) is 60.1 Å². The first kappa shape index (κ1) is 17.8. The van der Waals surface area contributed by atoms with Gasteiger partial charge in [0.25, 0.3) is 0 Å². The van der Waals surface area contributed by atoms with Gasteiger partial charge in [-0.3, -0.25) is 4.79 Å². The Morgan fingerprint density at radius 2 is 2.05 bits per heavy atom. The number of rotatable bonds is 4. The van der Waals surface area contributed by atoms with Gasteiger partial charge >= 0.3 is 6.09 Å². The third kappa shape index (κ3) is 5.91. The van der Waals surface area contributed by atoms with Gasteiger partial charge in [0.2, 0.25) is 5.91 Å². The van der Waals surface area contributed by atoms with Gasteiger partial charge in [-0.1, -0.05) is 0 Å². The average molecular weight is 299 g/mol. The van der Waals surface area contributed by atoms with Gasteiger partial charge in [0.05, 0.1) is 6.54 Å². The number of likely N-dealkylation sites (N-methyl/N-ethyl adjacent to an activating group) is 1. The third-order valence-electron chi connectivity index (χ3n) is 3.56. The van der Waals surface area contributed by atoms with Crippen LogP contribution in [0.1, 0.15) is 40.5 Å². The van der Waals surface area contributed by atoms with E-state index in [1.54, 1.807) is 9.80 Å². The van der Waals surface area contributed by atoms with Gasteiger partial charge in [-0.25, -0.2) is 4.79 Å². The number of amides is 2. The fourth-order valence-corrected chi connectivity index (χ4v) is 2.55. The monoisotopic (exact) mass is 299 g/mol. The molecule has 0 saturated carbocycles. The molecule has 0 bridgehead atoms. The SMILES string of the molecule is CCN(C[C@@H]1CCCN(C(=O)OC(C)(C)C)C1)C(=O)CN. The Hall–Kier alpha value is -1.30. The smallest absolute Gasteiger partial charge is 0.410 e. The molecule has 1 rings (SSSR count). The van der Waals surface area contributed by atoms with Crippen molar-refractivity contribution in [1.82, 2.24) is 9.80 Å². The minimum atomic E-state index is -0.477. The van der Waals surface area contributed by atoms with E-state index in [4.69, 9.17) is 10.5 Å². The minimum absolute atomic E-state index is 0.0353. The molecule has 2 amide bonds. The lowest BCUT2D eigenvalue weighted by Crippen LogP contribution is -2.47. The molecule has 0 aromatic heterocycles. The fraction of sp³-hybridized carbons (Fsp3) is 0.867. The highest BCUT2D eigenvalue weighted by Crippen LogP contribution is 2.20. The van der Waals surface area contributed by atoms with Crippen molar-refractivity contribution < 1.29 is 14.3 Å². The van der Waals surface area contributed by atoms with Crippen molar-refractivity contribution in [2.75, 3.05) is 32.7 Å². The Labute approximate surface area is 127 Å². The van der Waals surface area contributed by atoms with Crippen molar-refractivity contribution in [1.29, 1.82) is 0 Å². The highest BCUT2D eigenvalue weighted by molar-refractivity contribution is 5.78. The van der Waals surface area contributed by atoms with Crippen molar-refractivity contribution in [2.24, 2.45) is 11.7 Å². The molecule has 1 aliphatic rings. The van der Waals surface area contributed by atoms with Gasteiger partial charge in [-0.05, 0) is 46.5 Å². The molecule has 0 aliphatic carbocycles. The summed E-state index contributed by atoms with van der Waals surface area (Å²) >= 11 is 0. The summed E-state index contributed by atoms with van der Waals surface area (Å²) in [5, 5.41) is 0. The standard InChI is InChI=1S/C15H29N3O3/c1-5-17(13(19)9-16)10-12-7-6-8-18(11-12)14(20)21-15(2,3)4/h12H,5-11,16H2,1-4H3/t12-/m0/s1. The van der Waals surface area contributed by atoms with E-state index in [1.165, 1.54) is 0 Å². The summed E-state index contributed by atoms with van der Waals surface area (Å²) < 4.78 is 5.41. The Morgan fingerprint density at radius 3 is 2.57 bits per heavy atom. The zero-order valence-corrected chi connectivity index (χ0v) is 13.7. The molecular weight excluding hydrogens is 270 g/mol. The topological polar surface area (TPSA) is 75.9 Å². The number of likely N-dealkylation sites (tertiary alicyclic amines) is 1. The number of nitrogens with two attached hydrogens (primary N) is 1. The van der Waals surface area contributed by atoms with Crippen LogP contribution in [0.15, 0.2) is 0 Å². The second-order valence-corrected chi connectivity index (χ2v) is 6.57. The quantitative estimate of drug-likeness (QED) is 0.852. The van der Waals surface area contributed by atoms with E-state index in [0.717, 1.165) is 19.4 Å². The van der Waals surface area contributed by atoms with Crippen LogP contribution in [0.25, 0.3) is 0 Å². The Bertz CT molecular complexity index is 366. The predicted octanol–water partition coefficient (Wildman–Crippen LogP) is 1.44. The van der Waals surface area contributed by atoms with Crippen LogP contribution in [-0.2, 0) is 9.53 Å². The number of ether oxygens (including phenoxy) is 1. The van der Waals surface area contributed by atoms with Gasteiger partial charge in [-0.2, -0.15) is 0 Å². The van der Waals surface area contributed by atoms with Crippen molar-refractivity contribution >= 4 is 12.0 Å². The van der Waals surface area contributed by atoms with Gasteiger partial charge < -0.3 is 20.3 Å². The van der Waals surface area contributed by atoms with E-state index < -0.39 is 5.60 Å². The molecule has 6 nitrogen and oxygen atoms in total.